The van der Waals surface area contributed by atoms with Crippen molar-refractivity contribution >= 4 is 58.8 Å². The Kier molecular flexibility index (Phi) is 379. The maximum absolute atomic E-state index is 0. The first kappa shape index (κ1) is 55.8. The third-order valence-electron chi connectivity index (χ3n) is 0. The molecule has 0 aromatic rings. The minimum atomic E-state index is 0. The van der Waals surface area contributed by atoms with Crippen molar-refractivity contribution < 1.29 is 21.7 Å². The Morgan fingerprint density at radius 1 is 0.600 bits per heavy atom. The first-order chi connectivity index (χ1) is 0. The van der Waals surface area contributed by atoms with Gasteiger partial charge in [-0.2, -0.15) is 0 Å². The van der Waals surface area contributed by atoms with Crippen LogP contribution in [0.15, 0.2) is 0 Å². The molecule has 5 heteroatoms. The van der Waals surface area contributed by atoms with E-state index in [2.05, 4.69) is 0 Å². The number of hydrogen-bond acceptors (Lipinski definition) is 0. The normalized spacial score (nSPS) is 0. The van der Waals surface area contributed by atoms with Crippen LogP contribution in [-0.4, -0.2) is 0 Å². The average Bonchev–Trinajstić information content (AvgIpc) is 0. The quantitative estimate of drug-likeness (QED) is 0.596. The Bertz CT molecular complexity index is 7.61. The maximum atomic E-state index is 0. The summed E-state index contributed by atoms with van der Waals surface area (Å²) in [6, 6.07) is 0. The van der Waals surface area contributed by atoms with Crippen LogP contribution >= 0.6 is 58.8 Å². The number of halogens is 4. The number of rotatable bonds is 0. The third kappa shape index (κ3) is 22.3. The van der Waals surface area contributed by atoms with Crippen molar-refractivity contribution in [3.63, 3.8) is 0 Å². The molecule has 0 aromatic heterocycles. The molecule has 0 amide bonds. The fraction of sp³-hybridized carbons (Fsp3) is 0. The van der Waals surface area contributed by atoms with Gasteiger partial charge in [0.25, 0.3) is 0 Å². The van der Waals surface area contributed by atoms with E-state index in [1.54, 1.807) is 0 Å². The van der Waals surface area contributed by atoms with Crippen LogP contribution in [0.25, 0.3) is 0 Å². The summed E-state index contributed by atoms with van der Waals surface area (Å²) in [5.74, 6) is 0. The Balaban J connectivity index is 0. The molecular weight excluding hydrogens is 279 g/mol. The minimum Gasteiger partial charge on any atom is -0.147 e. The first-order valence-corrected chi connectivity index (χ1v) is 0. The van der Waals surface area contributed by atoms with Crippen molar-refractivity contribution in [1.82, 2.24) is 0 Å². The van der Waals surface area contributed by atoms with E-state index in [4.69, 9.17) is 0 Å². The zero-order valence-corrected chi connectivity index (χ0v) is 8.75. The van der Waals surface area contributed by atoms with Crippen LogP contribution in [0.3, 0.4) is 0 Å². The van der Waals surface area contributed by atoms with Gasteiger partial charge in [-0.15, -0.1) is 58.8 Å². The molecule has 0 N–H and O–H groups in total. The topological polar surface area (TPSA) is 0 Å². The summed E-state index contributed by atoms with van der Waals surface area (Å²) >= 11 is 0. The predicted molar refractivity (Wildman–Crippen MR) is 35.1 cm³/mol. The van der Waals surface area contributed by atoms with Gasteiger partial charge in [0.15, 0.2) is 0 Å². The van der Waals surface area contributed by atoms with Gasteiger partial charge in [0, 0.05) is 21.7 Å². The van der Waals surface area contributed by atoms with Gasteiger partial charge in [-0.25, -0.2) is 0 Å². The summed E-state index contributed by atoms with van der Waals surface area (Å²) in [6.07, 6.45) is 0. The van der Waals surface area contributed by atoms with Gasteiger partial charge in [0.05, 0.1) is 0 Å². The fourth-order valence-corrected chi connectivity index (χ4v) is 0. The Hall–Kier alpha value is 2.25. The maximum Gasteiger partial charge on any atom is 0 e. The van der Waals surface area contributed by atoms with E-state index in [1.165, 1.54) is 0 Å². The van der Waals surface area contributed by atoms with Crippen LogP contribution < -0.4 is 0 Å². The Labute approximate surface area is 79.7 Å². The molecule has 0 saturated carbocycles. The van der Waals surface area contributed by atoms with E-state index in [0.717, 1.165) is 0 Å². The van der Waals surface area contributed by atoms with Crippen molar-refractivity contribution in [2.75, 3.05) is 0 Å². The van der Waals surface area contributed by atoms with Gasteiger partial charge in [-0.05, 0) is 0 Å². The van der Waals surface area contributed by atoms with E-state index in [1.807, 2.05) is 0 Å². The Morgan fingerprint density at radius 3 is 0.600 bits per heavy atom. The van der Waals surface area contributed by atoms with Crippen LogP contribution in [0.1, 0.15) is 0 Å². The molecule has 0 aliphatic carbocycles. The zero-order valence-electron chi connectivity index (χ0n) is 2.13. The van der Waals surface area contributed by atoms with E-state index < -0.39 is 0 Å². The zero-order chi connectivity index (χ0) is 0. The van der Waals surface area contributed by atoms with Gasteiger partial charge >= 0.3 is 0 Å². The van der Waals surface area contributed by atoms with Crippen molar-refractivity contribution in [2.45, 2.75) is 0 Å². The molecule has 0 aliphatic rings. The summed E-state index contributed by atoms with van der Waals surface area (Å²) in [4.78, 5) is 0. The molecule has 0 heterocycles. The molecule has 5 heavy (non-hydrogen) atoms. The molecule has 0 radical (unpaired) electrons. The van der Waals surface area contributed by atoms with E-state index >= 15 is 0 Å². The summed E-state index contributed by atoms with van der Waals surface area (Å²) in [7, 11) is 0. The molecule has 0 aromatic carbocycles. The van der Waals surface area contributed by atoms with E-state index in [9.17, 15) is 0 Å². The minimum absolute atomic E-state index is 0. The summed E-state index contributed by atoms with van der Waals surface area (Å²) in [5, 5.41) is 0. The van der Waals surface area contributed by atoms with Gasteiger partial charge in [0.2, 0.25) is 0 Å². The van der Waals surface area contributed by atoms with E-state index in [0.29, 0.717) is 0 Å². The largest absolute Gasteiger partial charge is 0.147 e. The Morgan fingerprint density at radius 2 is 0.600 bits per heavy atom. The van der Waals surface area contributed by atoms with Crippen LogP contribution in [-0.2, 0) is 21.7 Å². The molecule has 0 spiro atoms. The first-order valence-electron chi connectivity index (χ1n) is 0. The van der Waals surface area contributed by atoms with Crippen LogP contribution in [0, 0.1) is 0 Å². The molecule has 36 valence electrons. The molecule has 0 fully saturated rings. The summed E-state index contributed by atoms with van der Waals surface area (Å²) < 4.78 is 0. The number of hydrogen-bond donors (Lipinski definition) is 0. The average molecular weight is 283 g/mol. The van der Waals surface area contributed by atoms with Crippen LogP contribution in [0.5, 0.6) is 0 Å². The second-order valence-electron chi connectivity index (χ2n) is 0. The van der Waals surface area contributed by atoms with Gasteiger partial charge in [-0.1, -0.05) is 0 Å². The van der Waals surface area contributed by atoms with Gasteiger partial charge in [0.1, 0.15) is 0 Å². The van der Waals surface area contributed by atoms with Crippen molar-refractivity contribution in [3.05, 3.63) is 0 Å². The fourth-order valence-electron chi connectivity index (χ4n) is 0. The third-order valence-corrected chi connectivity index (χ3v) is 0. The SMILES string of the molecule is Br.Br.Cl.Cl.[Ti]. The second kappa shape index (κ2) is 34.0. The van der Waals surface area contributed by atoms with Gasteiger partial charge in [-0.3, -0.25) is 0 Å². The predicted octanol–water partition coefficient (Wildman–Crippen LogP) is 2.00. The second-order valence-corrected chi connectivity index (χ2v) is 0. The molecule has 0 atom stereocenters. The van der Waals surface area contributed by atoms with Crippen molar-refractivity contribution in [1.29, 1.82) is 0 Å². The standard InChI is InChI=1S/2BrH.2ClH.Ti/h4*1H;. The molecule has 0 saturated heterocycles. The molecular formula is H4Br2Cl2Ti. The van der Waals surface area contributed by atoms with Crippen molar-refractivity contribution in [3.8, 4) is 0 Å². The smallest absolute Gasteiger partial charge is 0 e. The summed E-state index contributed by atoms with van der Waals surface area (Å²) in [5.41, 5.74) is 0. The van der Waals surface area contributed by atoms with Crippen LogP contribution in [0.2, 0.25) is 0 Å². The monoisotopic (exact) mass is 280 g/mol. The molecule has 0 unspecified atom stereocenters. The molecule has 0 rings (SSSR count). The molecule has 0 bridgehead atoms. The van der Waals surface area contributed by atoms with Crippen molar-refractivity contribution in [2.24, 2.45) is 0 Å². The van der Waals surface area contributed by atoms with Crippen LogP contribution in [0.4, 0.5) is 0 Å². The molecule has 0 nitrogen and oxygen atoms in total. The van der Waals surface area contributed by atoms with E-state index in [-0.39, 0.29) is 80.5 Å². The summed E-state index contributed by atoms with van der Waals surface area (Å²) in [6.45, 7) is 0. The molecule has 0 aliphatic heterocycles. The van der Waals surface area contributed by atoms with Gasteiger partial charge < -0.3 is 0 Å².